The fourth-order valence-electron chi connectivity index (χ4n) is 4.46. The Morgan fingerprint density at radius 1 is 1.09 bits per heavy atom. The van der Waals surface area contributed by atoms with Crippen molar-refractivity contribution in [2.45, 2.75) is 56.0 Å². The monoisotopic (exact) mass is 483 g/mol. The predicted octanol–water partition coefficient (Wildman–Crippen LogP) is 4.32. The quantitative estimate of drug-likeness (QED) is 0.608. The molecule has 3 unspecified atom stereocenters. The summed E-state index contributed by atoms with van der Waals surface area (Å²) in [5.74, 6) is -2.44. The Morgan fingerprint density at radius 2 is 1.70 bits per heavy atom. The van der Waals surface area contributed by atoms with Crippen LogP contribution in [0, 0.1) is 12.8 Å². The Labute approximate surface area is 190 Å². The number of hydrogen-bond acceptors (Lipinski definition) is 5. The van der Waals surface area contributed by atoms with Gasteiger partial charge in [0.2, 0.25) is 5.60 Å². The van der Waals surface area contributed by atoms with Crippen molar-refractivity contribution < 1.29 is 35.9 Å². The first-order valence-electron chi connectivity index (χ1n) is 10.3. The summed E-state index contributed by atoms with van der Waals surface area (Å²) in [6, 6.07) is 9.21. The van der Waals surface area contributed by atoms with E-state index in [2.05, 4.69) is 0 Å². The molecule has 2 aromatic rings. The van der Waals surface area contributed by atoms with Gasteiger partial charge in [0.25, 0.3) is 10.0 Å². The summed E-state index contributed by atoms with van der Waals surface area (Å²) < 4.78 is 82.9. The third kappa shape index (κ3) is 3.59. The molecule has 2 heterocycles. The van der Waals surface area contributed by atoms with Crippen LogP contribution in [0.2, 0.25) is 0 Å². The van der Waals surface area contributed by atoms with Crippen molar-refractivity contribution in [2.24, 2.45) is 5.92 Å². The SMILES string of the molecule is Cc1ccc(S(=O)(=O)N2c3ccccc3C3(C(F)(F)F)OCC(C(=O)OC(C)(C)C)C23)cc1. The molecule has 0 saturated carbocycles. The molecule has 10 heteroatoms. The van der Waals surface area contributed by atoms with Gasteiger partial charge in [0.05, 0.1) is 17.2 Å². The van der Waals surface area contributed by atoms with Crippen LogP contribution in [0.15, 0.2) is 53.4 Å². The van der Waals surface area contributed by atoms with E-state index in [0.29, 0.717) is 4.31 Å². The van der Waals surface area contributed by atoms with Gasteiger partial charge < -0.3 is 9.47 Å². The Morgan fingerprint density at radius 3 is 2.27 bits per heavy atom. The highest BCUT2D eigenvalue weighted by molar-refractivity contribution is 7.92. The summed E-state index contributed by atoms with van der Waals surface area (Å²) in [6.07, 6.45) is -5.00. The standard InChI is InChI=1S/C23H24F3NO5S/c1-14-9-11-15(12-10-14)33(29,30)27-18-8-6-5-7-17(18)22(23(24,25)26)19(27)16(13-31-22)20(28)32-21(2,3)4/h5-12,16,19H,13H2,1-4H3. The molecule has 0 aromatic heterocycles. The summed E-state index contributed by atoms with van der Waals surface area (Å²) in [4.78, 5) is 12.8. The van der Waals surface area contributed by atoms with E-state index in [0.717, 1.165) is 5.56 Å². The maximum absolute atomic E-state index is 14.7. The van der Waals surface area contributed by atoms with E-state index >= 15 is 0 Å². The van der Waals surface area contributed by atoms with Gasteiger partial charge in [-0.05, 0) is 45.9 Å². The highest BCUT2D eigenvalue weighted by Crippen LogP contribution is 2.61. The molecule has 3 atom stereocenters. The fourth-order valence-corrected chi connectivity index (χ4v) is 6.18. The molecule has 2 aliphatic rings. The number of halogens is 3. The van der Waals surface area contributed by atoms with Gasteiger partial charge in [-0.15, -0.1) is 0 Å². The predicted molar refractivity (Wildman–Crippen MR) is 114 cm³/mol. The Hall–Kier alpha value is -2.59. The minimum Gasteiger partial charge on any atom is -0.460 e. The van der Waals surface area contributed by atoms with E-state index in [1.807, 2.05) is 0 Å². The minimum atomic E-state index is -5.00. The zero-order valence-corrected chi connectivity index (χ0v) is 19.3. The fraction of sp³-hybridized carbons (Fsp3) is 0.435. The molecule has 0 spiro atoms. The molecular formula is C23H24F3NO5S. The second-order valence-electron chi connectivity index (χ2n) is 9.26. The number of carbonyl (C=O) groups excluding carboxylic acids is 1. The lowest BCUT2D eigenvalue weighted by molar-refractivity contribution is -0.269. The van der Waals surface area contributed by atoms with E-state index in [1.165, 1.54) is 36.4 Å². The Balaban J connectivity index is 1.95. The van der Waals surface area contributed by atoms with Crippen LogP contribution >= 0.6 is 0 Å². The number of para-hydroxylation sites is 1. The zero-order chi connectivity index (χ0) is 24.4. The molecule has 0 aliphatic carbocycles. The number of anilines is 1. The van der Waals surface area contributed by atoms with Crippen LogP contribution in [0.5, 0.6) is 0 Å². The number of rotatable bonds is 3. The highest BCUT2D eigenvalue weighted by atomic mass is 32.2. The van der Waals surface area contributed by atoms with Crippen molar-refractivity contribution in [3.8, 4) is 0 Å². The number of sulfonamides is 1. The van der Waals surface area contributed by atoms with E-state index < -0.39 is 51.9 Å². The molecule has 4 rings (SSSR count). The highest BCUT2D eigenvalue weighted by Gasteiger charge is 2.75. The lowest BCUT2D eigenvalue weighted by Gasteiger charge is -2.35. The van der Waals surface area contributed by atoms with Crippen LogP contribution in [0.4, 0.5) is 18.9 Å². The molecule has 2 aromatic carbocycles. The molecular weight excluding hydrogens is 459 g/mol. The topological polar surface area (TPSA) is 72.9 Å². The summed E-state index contributed by atoms with van der Waals surface area (Å²) >= 11 is 0. The second-order valence-corrected chi connectivity index (χ2v) is 11.1. The van der Waals surface area contributed by atoms with Crippen LogP contribution in [0.25, 0.3) is 0 Å². The first kappa shape index (κ1) is 23.6. The van der Waals surface area contributed by atoms with Crippen LogP contribution in [0.1, 0.15) is 31.9 Å². The molecule has 178 valence electrons. The first-order chi connectivity index (χ1) is 15.2. The van der Waals surface area contributed by atoms with Crippen LogP contribution in [-0.4, -0.2) is 38.8 Å². The van der Waals surface area contributed by atoms with Gasteiger partial charge in [0, 0.05) is 5.56 Å². The number of aryl methyl sites for hydroxylation is 1. The largest absolute Gasteiger partial charge is 0.460 e. The molecule has 33 heavy (non-hydrogen) atoms. The summed E-state index contributed by atoms with van der Waals surface area (Å²) in [7, 11) is -4.49. The van der Waals surface area contributed by atoms with Crippen molar-refractivity contribution in [2.75, 3.05) is 10.9 Å². The molecule has 6 nitrogen and oxygen atoms in total. The molecule has 0 amide bonds. The number of benzene rings is 2. The van der Waals surface area contributed by atoms with E-state index in [-0.39, 0.29) is 16.1 Å². The molecule has 1 saturated heterocycles. The van der Waals surface area contributed by atoms with Crippen LogP contribution < -0.4 is 4.31 Å². The minimum absolute atomic E-state index is 0.173. The molecule has 1 fully saturated rings. The maximum Gasteiger partial charge on any atom is 0.423 e. The summed E-state index contributed by atoms with van der Waals surface area (Å²) in [6.45, 7) is 5.89. The van der Waals surface area contributed by atoms with Gasteiger partial charge in [0.1, 0.15) is 17.6 Å². The average Bonchev–Trinajstić information content (AvgIpc) is 3.21. The third-order valence-corrected chi connectivity index (χ3v) is 7.60. The molecule has 2 aliphatic heterocycles. The Kier molecular flexibility index (Phi) is 5.33. The summed E-state index contributed by atoms with van der Waals surface area (Å²) in [5, 5.41) is 0. The van der Waals surface area contributed by atoms with Gasteiger partial charge in [0.15, 0.2) is 0 Å². The van der Waals surface area contributed by atoms with E-state index in [4.69, 9.17) is 9.47 Å². The first-order valence-corrected chi connectivity index (χ1v) is 11.8. The number of ether oxygens (including phenoxy) is 2. The Bertz CT molecular complexity index is 1190. The van der Waals surface area contributed by atoms with Gasteiger partial charge in [-0.1, -0.05) is 35.9 Å². The summed E-state index contributed by atoms with van der Waals surface area (Å²) in [5.41, 5.74) is -3.70. The van der Waals surface area contributed by atoms with Crippen molar-refractivity contribution in [1.29, 1.82) is 0 Å². The number of nitrogens with zero attached hydrogens (tertiary/aromatic N) is 1. The molecule has 0 bridgehead atoms. The normalized spacial score (nSPS) is 25.0. The van der Waals surface area contributed by atoms with Gasteiger partial charge in [-0.25, -0.2) is 8.42 Å². The van der Waals surface area contributed by atoms with Gasteiger partial charge in [-0.3, -0.25) is 9.10 Å². The van der Waals surface area contributed by atoms with Crippen molar-refractivity contribution >= 4 is 21.7 Å². The number of carbonyl (C=O) groups is 1. The van der Waals surface area contributed by atoms with Crippen LogP contribution in [0.3, 0.4) is 0 Å². The van der Waals surface area contributed by atoms with Crippen molar-refractivity contribution in [3.63, 3.8) is 0 Å². The maximum atomic E-state index is 14.7. The van der Waals surface area contributed by atoms with Gasteiger partial charge in [-0.2, -0.15) is 13.2 Å². The molecule has 0 N–H and O–H groups in total. The molecule has 0 radical (unpaired) electrons. The number of hydrogen-bond donors (Lipinski definition) is 0. The lowest BCUT2D eigenvalue weighted by Crippen LogP contribution is -2.56. The van der Waals surface area contributed by atoms with Gasteiger partial charge >= 0.3 is 12.1 Å². The lowest BCUT2D eigenvalue weighted by atomic mass is 9.85. The number of alkyl halides is 3. The van der Waals surface area contributed by atoms with E-state index in [9.17, 15) is 26.4 Å². The van der Waals surface area contributed by atoms with Crippen molar-refractivity contribution in [3.05, 3.63) is 59.7 Å². The van der Waals surface area contributed by atoms with Crippen LogP contribution in [-0.2, 0) is 29.9 Å². The van der Waals surface area contributed by atoms with E-state index in [1.54, 1.807) is 39.8 Å². The number of esters is 1. The second kappa shape index (κ2) is 7.46. The third-order valence-electron chi connectivity index (χ3n) is 5.79. The van der Waals surface area contributed by atoms with Crippen molar-refractivity contribution in [1.82, 2.24) is 0 Å². The zero-order valence-electron chi connectivity index (χ0n) is 18.5. The average molecular weight is 484 g/mol. The smallest absolute Gasteiger partial charge is 0.423 e. The number of fused-ring (bicyclic) bond motifs is 3.